The third kappa shape index (κ3) is 5.70. The molecule has 0 atom stereocenters. The second-order valence-corrected chi connectivity index (χ2v) is 4.68. The molecular weight excluding hydrogens is 297 g/mol. The van der Waals surface area contributed by atoms with E-state index in [1.807, 2.05) is 0 Å². The summed E-state index contributed by atoms with van der Waals surface area (Å²) in [5.74, 6) is -0.918. The third-order valence-electron chi connectivity index (χ3n) is 2.91. The first kappa shape index (κ1) is 16.4. The minimum absolute atomic E-state index is 0.248. The van der Waals surface area contributed by atoms with Gasteiger partial charge in [-0.25, -0.2) is 4.39 Å². The Kier molecular flexibility index (Phi) is 5.99. The van der Waals surface area contributed by atoms with Crippen molar-refractivity contribution in [3.8, 4) is 0 Å². The third-order valence-corrected chi connectivity index (χ3v) is 2.91. The van der Waals surface area contributed by atoms with Gasteiger partial charge in [0, 0.05) is 31.6 Å². The molecule has 5 nitrogen and oxygen atoms in total. The first-order valence-corrected chi connectivity index (χ1v) is 7.05. The molecule has 0 saturated heterocycles. The van der Waals surface area contributed by atoms with E-state index in [2.05, 4.69) is 15.6 Å². The fraction of sp³-hybridized carbons (Fsp3) is 0.118. The maximum absolute atomic E-state index is 13.0. The Morgan fingerprint density at radius 2 is 1.96 bits per heavy atom. The highest BCUT2D eigenvalue weighted by atomic mass is 19.1. The van der Waals surface area contributed by atoms with Crippen LogP contribution < -0.4 is 10.6 Å². The van der Waals surface area contributed by atoms with Crippen LogP contribution in [0.15, 0.2) is 54.9 Å². The number of carbonyl (C=O) groups excluding carboxylic acids is 2. The van der Waals surface area contributed by atoms with Crippen molar-refractivity contribution in [2.45, 2.75) is 0 Å². The van der Waals surface area contributed by atoms with Crippen LogP contribution in [0, 0.1) is 5.82 Å². The van der Waals surface area contributed by atoms with E-state index >= 15 is 0 Å². The minimum atomic E-state index is -0.356. The second-order valence-electron chi connectivity index (χ2n) is 4.68. The molecule has 1 aromatic carbocycles. The lowest BCUT2D eigenvalue weighted by molar-refractivity contribution is -0.116. The molecule has 6 heteroatoms. The lowest BCUT2D eigenvalue weighted by Crippen LogP contribution is -2.34. The molecule has 0 fully saturated rings. The Hall–Kier alpha value is -3.02. The van der Waals surface area contributed by atoms with Gasteiger partial charge in [-0.3, -0.25) is 14.6 Å². The Bertz CT molecular complexity index is 702. The van der Waals surface area contributed by atoms with E-state index in [1.54, 1.807) is 30.5 Å². The van der Waals surface area contributed by atoms with Gasteiger partial charge in [0.15, 0.2) is 0 Å². The van der Waals surface area contributed by atoms with Gasteiger partial charge < -0.3 is 10.6 Å². The van der Waals surface area contributed by atoms with Gasteiger partial charge in [-0.2, -0.15) is 0 Å². The summed E-state index contributed by atoms with van der Waals surface area (Å²) >= 11 is 0. The van der Waals surface area contributed by atoms with Crippen molar-refractivity contribution in [1.82, 2.24) is 15.6 Å². The van der Waals surface area contributed by atoms with E-state index in [1.165, 1.54) is 30.5 Å². The highest BCUT2D eigenvalue weighted by Crippen LogP contribution is 2.04. The molecule has 0 bridgehead atoms. The molecule has 0 aliphatic carbocycles. The lowest BCUT2D eigenvalue weighted by Gasteiger charge is -2.05. The van der Waals surface area contributed by atoms with Crippen molar-refractivity contribution in [2.75, 3.05) is 13.1 Å². The normalized spacial score (nSPS) is 10.5. The van der Waals surface area contributed by atoms with Crippen molar-refractivity contribution in [3.63, 3.8) is 0 Å². The summed E-state index contributed by atoms with van der Waals surface area (Å²) in [6.07, 6.45) is 5.89. The monoisotopic (exact) mass is 313 g/mol. The molecule has 1 heterocycles. The number of carbonyl (C=O) groups is 2. The van der Waals surface area contributed by atoms with E-state index in [0.717, 1.165) is 0 Å². The van der Waals surface area contributed by atoms with Gasteiger partial charge in [-0.1, -0.05) is 12.1 Å². The molecule has 23 heavy (non-hydrogen) atoms. The summed E-state index contributed by atoms with van der Waals surface area (Å²) < 4.78 is 13.0. The topological polar surface area (TPSA) is 71.1 Å². The Morgan fingerprint density at radius 1 is 1.13 bits per heavy atom. The van der Waals surface area contributed by atoms with Gasteiger partial charge in [0.25, 0.3) is 5.91 Å². The highest BCUT2D eigenvalue weighted by Gasteiger charge is 2.03. The molecule has 0 radical (unpaired) electrons. The fourth-order valence-electron chi connectivity index (χ4n) is 1.80. The predicted molar refractivity (Wildman–Crippen MR) is 85.0 cm³/mol. The van der Waals surface area contributed by atoms with E-state index in [4.69, 9.17) is 0 Å². The van der Waals surface area contributed by atoms with Crippen LogP contribution >= 0.6 is 0 Å². The van der Waals surface area contributed by atoms with E-state index in [-0.39, 0.29) is 17.6 Å². The van der Waals surface area contributed by atoms with Crippen molar-refractivity contribution >= 4 is 17.9 Å². The Labute approximate surface area is 133 Å². The number of nitrogens with zero attached hydrogens (tertiary/aromatic N) is 1. The van der Waals surface area contributed by atoms with Crippen LogP contribution in [-0.4, -0.2) is 29.9 Å². The molecule has 0 aliphatic heterocycles. The maximum Gasteiger partial charge on any atom is 0.252 e. The first-order valence-electron chi connectivity index (χ1n) is 7.05. The zero-order valence-corrected chi connectivity index (χ0v) is 12.3. The summed E-state index contributed by atoms with van der Waals surface area (Å²) in [4.78, 5) is 27.2. The largest absolute Gasteiger partial charge is 0.351 e. The number of halogens is 1. The van der Waals surface area contributed by atoms with Crippen molar-refractivity contribution in [2.24, 2.45) is 0 Å². The number of amides is 2. The number of hydrogen-bond acceptors (Lipinski definition) is 3. The van der Waals surface area contributed by atoms with Crippen LogP contribution in [0.1, 0.15) is 15.9 Å². The standard InChI is InChI=1S/C17H16FN3O2/c18-15-5-1-3-13(11-15)6-7-16(22)20-9-10-21-17(23)14-4-2-8-19-12-14/h1-8,11-12H,9-10H2,(H,20,22)(H,21,23)/b7-6+. The average molecular weight is 313 g/mol. The SMILES string of the molecule is O=C(/C=C/c1cccc(F)c1)NCCNC(=O)c1cccnc1. The zero-order chi connectivity index (χ0) is 16.5. The Morgan fingerprint density at radius 3 is 2.70 bits per heavy atom. The molecule has 2 aromatic rings. The van der Waals surface area contributed by atoms with Crippen LogP contribution in [0.25, 0.3) is 6.08 Å². The molecule has 0 aliphatic rings. The van der Waals surface area contributed by atoms with Crippen molar-refractivity contribution in [1.29, 1.82) is 0 Å². The molecule has 2 amide bonds. The summed E-state index contributed by atoms with van der Waals surface area (Å²) in [7, 11) is 0. The van der Waals surface area contributed by atoms with Gasteiger partial charge in [0.05, 0.1) is 5.56 Å². The van der Waals surface area contributed by atoms with Gasteiger partial charge >= 0.3 is 0 Å². The van der Waals surface area contributed by atoms with Crippen LogP contribution in [0.5, 0.6) is 0 Å². The van der Waals surface area contributed by atoms with Crippen LogP contribution in [0.3, 0.4) is 0 Å². The summed E-state index contributed by atoms with van der Waals surface area (Å²) in [6, 6.07) is 9.26. The molecular formula is C17H16FN3O2. The van der Waals surface area contributed by atoms with Gasteiger partial charge in [0.2, 0.25) is 5.91 Å². The van der Waals surface area contributed by atoms with Crippen LogP contribution in [0.2, 0.25) is 0 Å². The summed E-state index contributed by atoms with van der Waals surface area (Å²) in [5.41, 5.74) is 1.06. The Balaban J connectivity index is 1.70. The second kappa shape index (κ2) is 8.43. The predicted octanol–water partition coefficient (Wildman–Crippen LogP) is 1.78. The van der Waals surface area contributed by atoms with Crippen molar-refractivity contribution in [3.05, 3.63) is 71.8 Å². The van der Waals surface area contributed by atoms with E-state index < -0.39 is 0 Å². The summed E-state index contributed by atoms with van der Waals surface area (Å²) in [6.45, 7) is 0.589. The highest BCUT2D eigenvalue weighted by molar-refractivity contribution is 5.94. The van der Waals surface area contributed by atoms with Gasteiger partial charge in [-0.05, 0) is 35.9 Å². The first-order chi connectivity index (χ1) is 11.1. The summed E-state index contributed by atoms with van der Waals surface area (Å²) in [5, 5.41) is 5.29. The number of rotatable bonds is 6. The minimum Gasteiger partial charge on any atom is -0.351 e. The number of benzene rings is 1. The molecule has 118 valence electrons. The maximum atomic E-state index is 13.0. The number of nitrogens with one attached hydrogen (secondary N) is 2. The number of aromatic nitrogens is 1. The van der Waals surface area contributed by atoms with Crippen LogP contribution in [0.4, 0.5) is 4.39 Å². The van der Waals surface area contributed by atoms with Crippen molar-refractivity contribution < 1.29 is 14.0 Å². The molecule has 2 rings (SSSR count). The van der Waals surface area contributed by atoms with Crippen LogP contribution in [-0.2, 0) is 4.79 Å². The van der Waals surface area contributed by atoms with Gasteiger partial charge in [-0.15, -0.1) is 0 Å². The molecule has 0 spiro atoms. The molecule has 0 saturated carbocycles. The number of pyridine rings is 1. The van der Waals surface area contributed by atoms with E-state index in [0.29, 0.717) is 24.2 Å². The fourth-order valence-corrected chi connectivity index (χ4v) is 1.80. The smallest absolute Gasteiger partial charge is 0.252 e. The van der Waals surface area contributed by atoms with E-state index in [9.17, 15) is 14.0 Å². The molecule has 1 aromatic heterocycles. The molecule has 0 unspecified atom stereocenters. The quantitative estimate of drug-likeness (QED) is 0.631. The van der Waals surface area contributed by atoms with Gasteiger partial charge in [0.1, 0.15) is 5.82 Å². The lowest BCUT2D eigenvalue weighted by atomic mass is 10.2. The average Bonchev–Trinajstić information content (AvgIpc) is 2.57. The number of hydrogen-bond donors (Lipinski definition) is 2. The molecule has 2 N–H and O–H groups in total. The zero-order valence-electron chi connectivity index (χ0n) is 12.3.